The van der Waals surface area contributed by atoms with E-state index in [1.807, 2.05) is 34.6 Å². The van der Waals surface area contributed by atoms with Crippen molar-refractivity contribution < 1.29 is 33.5 Å². The quantitative estimate of drug-likeness (QED) is 0.232. The minimum absolute atomic E-state index is 0.0199. The number of fused-ring (bicyclic) bond motifs is 1. The van der Waals surface area contributed by atoms with Gasteiger partial charge in [-0.1, -0.05) is 79.6 Å². The summed E-state index contributed by atoms with van der Waals surface area (Å²) in [6, 6.07) is -4.30. The average molecular weight is 755 g/mol. The zero-order valence-corrected chi connectivity index (χ0v) is 33.8. The van der Waals surface area contributed by atoms with Gasteiger partial charge in [-0.3, -0.25) is 24.0 Å². The molecule has 4 saturated carbocycles. The van der Waals surface area contributed by atoms with Crippen LogP contribution in [0.5, 0.6) is 0 Å². The van der Waals surface area contributed by atoms with Crippen molar-refractivity contribution in [2.24, 2.45) is 39.2 Å². The molecule has 2 aliphatic heterocycles. The standard InChI is InChI=1S/C41H66N6O7/c1-24-21-46(22-25(2)54-24)35(51)30(27-15-9-8-10-16-27)44-37(53)45-32(38(3,4)5)36(52)47-23-41(39(6,7)40(41)17-12-18-40)20-29(47)34(50)43-28(31(48)33(42)49)19-26-13-11-14-26/h24-30,32H,8-23H2,1-7H3,(H2,42,49)(H,43,50)(H2,44,45,53)/t24-,25+,28?,29-,30-,32+,41+/m0/s1. The number of ether oxygens (including phenoxy) is 1. The molecule has 2 spiro atoms. The summed E-state index contributed by atoms with van der Waals surface area (Å²) in [5.41, 5.74) is 4.30. The molecular weight excluding hydrogens is 688 g/mol. The fourth-order valence-electron chi connectivity index (χ4n) is 11.3. The van der Waals surface area contributed by atoms with Gasteiger partial charge in [-0.2, -0.15) is 0 Å². The maximum absolute atomic E-state index is 15.0. The maximum atomic E-state index is 15.0. The highest BCUT2D eigenvalue weighted by Gasteiger charge is 2.85. The van der Waals surface area contributed by atoms with Gasteiger partial charge in [-0.05, 0) is 80.5 Å². The fourth-order valence-corrected chi connectivity index (χ4v) is 11.3. The topological polar surface area (TPSA) is 180 Å². The van der Waals surface area contributed by atoms with E-state index in [2.05, 4.69) is 29.8 Å². The Kier molecular flexibility index (Phi) is 11.3. The molecule has 0 aromatic carbocycles. The van der Waals surface area contributed by atoms with Crippen LogP contribution in [0.15, 0.2) is 0 Å². The first-order valence-corrected chi connectivity index (χ1v) is 20.8. The van der Waals surface area contributed by atoms with Crippen LogP contribution in [0, 0.1) is 33.5 Å². The molecule has 6 fully saturated rings. The van der Waals surface area contributed by atoms with Gasteiger partial charge >= 0.3 is 6.03 Å². The van der Waals surface area contributed by atoms with Crippen molar-refractivity contribution >= 4 is 35.4 Å². The second kappa shape index (κ2) is 15.0. The zero-order chi connectivity index (χ0) is 39.4. The number of urea groups is 1. The second-order valence-electron chi connectivity index (χ2n) is 19.4. The number of likely N-dealkylation sites (tertiary alicyclic amines) is 1. The van der Waals surface area contributed by atoms with E-state index in [9.17, 15) is 28.8 Å². The molecule has 54 heavy (non-hydrogen) atoms. The van der Waals surface area contributed by atoms with Crippen molar-refractivity contribution in [3.8, 4) is 0 Å². The van der Waals surface area contributed by atoms with Gasteiger partial charge in [-0.25, -0.2) is 4.79 Å². The van der Waals surface area contributed by atoms with Crippen LogP contribution in [0.4, 0.5) is 4.79 Å². The van der Waals surface area contributed by atoms with Gasteiger partial charge in [-0.15, -0.1) is 0 Å². The molecule has 6 aliphatic rings. The number of nitrogens with zero attached hydrogens (tertiary/aromatic N) is 2. The Balaban J connectivity index is 1.24. The van der Waals surface area contributed by atoms with Gasteiger partial charge < -0.3 is 36.2 Å². The van der Waals surface area contributed by atoms with Gasteiger partial charge in [0.05, 0.1) is 18.2 Å². The molecule has 2 heterocycles. The van der Waals surface area contributed by atoms with Gasteiger partial charge in [0.25, 0.3) is 5.91 Å². The third kappa shape index (κ3) is 7.27. The maximum Gasteiger partial charge on any atom is 0.316 e. The Morgan fingerprint density at radius 1 is 0.815 bits per heavy atom. The van der Waals surface area contributed by atoms with E-state index in [4.69, 9.17) is 10.5 Å². The predicted octanol–water partition coefficient (Wildman–Crippen LogP) is 3.81. The number of Topliss-reactive ketones (excluding diaryl/α,β-unsaturated/α-hetero) is 1. The van der Waals surface area contributed by atoms with Crippen molar-refractivity contribution in [3.63, 3.8) is 0 Å². The third-order valence-electron chi connectivity index (χ3n) is 14.9. The van der Waals surface area contributed by atoms with Crippen LogP contribution in [0.1, 0.15) is 132 Å². The lowest BCUT2D eigenvalue weighted by Gasteiger charge is -2.40. The molecule has 6 amide bonds. The van der Waals surface area contributed by atoms with Crippen LogP contribution >= 0.6 is 0 Å². The fraction of sp³-hybridized carbons (Fsp3) is 0.854. The molecule has 0 bridgehead atoms. The van der Waals surface area contributed by atoms with Gasteiger partial charge in [0.1, 0.15) is 18.1 Å². The molecule has 0 aromatic rings. The summed E-state index contributed by atoms with van der Waals surface area (Å²) in [6.07, 6.45) is 11.3. The van der Waals surface area contributed by atoms with Crippen molar-refractivity contribution in [1.29, 1.82) is 0 Å². The second-order valence-corrected chi connectivity index (χ2v) is 19.4. The van der Waals surface area contributed by atoms with E-state index in [0.29, 0.717) is 32.5 Å². The Morgan fingerprint density at radius 2 is 1.44 bits per heavy atom. The van der Waals surface area contributed by atoms with Crippen LogP contribution in [-0.2, 0) is 28.7 Å². The largest absolute Gasteiger partial charge is 0.372 e. The van der Waals surface area contributed by atoms with Crippen LogP contribution in [0.3, 0.4) is 0 Å². The minimum Gasteiger partial charge on any atom is -0.372 e. The zero-order valence-electron chi connectivity index (χ0n) is 33.8. The van der Waals surface area contributed by atoms with E-state index >= 15 is 0 Å². The monoisotopic (exact) mass is 754 g/mol. The molecule has 4 aliphatic carbocycles. The number of ketones is 1. The molecule has 7 atom stereocenters. The van der Waals surface area contributed by atoms with E-state index in [-0.39, 0.29) is 52.1 Å². The Bertz CT molecular complexity index is 1480. The molecule has 302 valence electrons. The number of amides is 6. The van der Waals surface area contributed by atoms with E-state index in [1.54, 1.807) is 9.80 Å². The summed E-state index contributed by atoms with van der Waals surface area (Å²) >= 11 is 0. The van der Waals surface area contributed by atoms with Gasteiger partial charge in [0, 0.05) is 25.0 Å². The normalized spacial score (nSPS) is 30.8. The van der Waals surface area contributed by atoms with Crippen LogP contribution < -0.4 is 21.7 Å². The molecule has 6 rings (SSSR count). The Morgan fingerprint density at radius 3 is 1.94 bits per heavy atom. The Labute approximate surface area is 321 Å². The highest BCUT2D eigenvalue weighted by atomic mass is 16.5. The van der Waals surface area contributed by atoms with Crippen LogP contribution in [0.2, 0.25) is 0 Å². The Hall–Kier alpha value is -3.22. The number of hydrogen-bond acceptors (Lipinski definition) is 7. The summed E-state index contributed by atoms with van der Waals surface area (Å²) in [5, 5.41) is 8.90. The summed E-state index contributed by atoms with van der Waals surface area (Å²) in [7, 11) is 0. The third-order valence-corrected chi connectivity index (χ3v) is 14.9. The molecule has 13 heteroatoms. The molecule has 2 saturated heterocycles. The molecular formula is C41H66N6O7. The first kappa shape index (κ1) is 40.4. The van der Waals surface area contributed by atoms with E-state index in [1.165, 1.54) is 0 Å². The number of hydrogen-bond donors (Lipinski definition) is 4. The lowest BCUT2D eigenvalue weighted by molar-refractivity contribution is -0.146. The van der Waals surface area contributed by atoms with Gasteiger partial charge in [0.2, 0.25) is 23.5 Å². The van der Waals surface area contributed by atoms with E-state index < -0.39 is 53.2 Å². The highest BCUT2D eigenvalue weighted by Crippen LogP contribution is 2.88. The lowest BCUT2D eigenvalue weighted by atomic mass is 9.73. The number of carbonyl (C=O) groups is 6. The lowest BCUT2D eigenvalue weighted by Crippen LogP contribution is -2.63. The smallest absolute Gasteiger partial charge is 0.316 e. The molecule has 0 aromatic heterocycles. The van der Waals surface area contributed by atoms with Crippen molar-refractivity contribution in [2.45, 2.75) is 168 Å². The molecule has 0 radical (unpaired) electrons. The first-order valence-electron chi connectivity index (χ1n) is 20.8. The number of carbonyl (C=O) groups excluding carboxylic acids is 6. The van der Waals surface area contributed by atoms with Crippen molar-refractivity contribution in [3.05, 3.63) is 0 Å². The SMILES string of the molecule is C[C@@H]1CN(C(=O)[C@@H](NC(=O)N[C@H](C(=O)N2C[C@]3(C[C@H]2C(=O)NC(CC2CCC2)C(=O)C(N)=O)C(C)(C)C32CCC2)C(C)(C)C)C2CCCCC2)C[C@H](C)O1. The van der Waals surface area contributed by atoms with Crippen molar-refractivity contribution in [1.82, 2.24) is 25.8 Å². The summed E-state index contributed by atoms with van der Waals surface area (Å²) in [4.78, 5) is 86.0. The molecule has 13 nitrogen and oxygen atoms in total. The molecule has 1 unspecified atom stereocenters. The number of nitrogens with one attached hydrogen (secondary N) is 3. The average Bonchev–Trinajstić information content (AvgIpc) is 3.27. The summed E-state index contributed by atoms with van der Waals surface area (Å²) in [6.45, 7) is 15.3. The van der Waals surface area contributed by atoms with Crippen molar-refractivity contribution in [2.75, 3.05) is 19.6 Å². The summed E-state index contributed by atoms with van der Waals surface area (Å²) < 4.78 is 5.89. The minimum atomic E-state index is -1.09. The highest BCUT2D eigenvalue weighted by molar-refractivity contribution is 6.37. The molecule has 5 N–H and O–H groups in total. The van der Waals surface area contributed by atoms with Gasteiger partial charge in [0.15, 0.2) is 0 Å². The number of nitrogens with two attached hydrogens (primary N) is 1. The van der Waals surface area contributed by atoms with Crippen LogP contribution in [0.25, 0.3) is 0 Å². The number of primary amides is 1. The number of rotatable bonds is 11. The number of morpholine rings is 1. The summed E-state index contributed by atoms with van der Waals surface area (Å²) in [5.74, 6) is -2.67. The van der Waals surface area contributed by atoms with Crippen LogP contribution in [-0.4, -0.2) is 101 Å². The first-order chi connectivity index (χ1) is 25.3. The predicted molar refractivity (Wildman–Crippen MR) is 203 cm³/mol. The van der Waals surface area contributed by atoms with E-state index in [0.717, 1.165) is 70.6 Å².